The number of fused-ring (bicyclic) bond motifs is 3. The summed E-state index contributed by atoms with van der Waals surface area (Å²) in [7, 11) is -1.52. The Morgan fingerprint density at radius 1 is 0.700 bits per heavy atom. The average Bonchev–Trinajstić information content (AvgIpc) is 2.58. The van der Waals surface area contributed by atoms with Gasteiger partial charge in [0, 0.05) is 23.3 Å². The van der Waals surface area contributed by atoms with Crippen LogP contribution in [0, 0.1) is 0 Å². The van der Waals surface area contributed by atoms with Crippen molar-refractivity contribution < 1.29 is 17.3 Å². The minimum atomic E-state index is -6.00. The molecule has 3 rings (SSSR count). The highest BCUT2D eigenvalue weighted by molar-refractivity contribution is 6.50. The molecule has 1 aliphatic heterocycles. The largest absolute Gasteiger partial charge is 0.673 e. The molecule has 0 saturated heterocycles. The van der Waals surface area contributed by atoms with Crippen molar-refractivity contribution >= 4 is 18.6 Å². The van der Waals surface area contributed by atoms with E-state index in [1.54, 1.807) is 0 Å². The van der Waals surface area contributed by atoms with Crippen molar-refractivity contribution in [3.63, 3.8) is 0 Å². The zero-order valence-electron chi connectivity index (χ0n) is 11.2. The van der Waals surface area contributed by atoms with E-state index in [4.69, 9.17) is 0 Å². The van der Waals surface area contributed by atoms with E-state index in [0.717, 1.165) is 4.48 Å². The van der Waals surface area contributed by atoms with Gasteiger partial charge in [-0.15, -0.1) is 0 Å². The summed E-state index contributed by atoms with van der Waals surface area (Å²) in [6.07, 6.45) is 0. The second-order valence-corrected chi connectivity index (χ2v) is 4.98. The number of quaternary nitrogens is 1. The molecule has 0 N–H and O–H groups in total. The molecule has 0 bridgehead atoms. The number of halogens is 4. The molecule has 106 valence electrons. The average molecular weight is 283 g/mol. The Hall–Kier alpha value is -1.82. The molecular formula is C14H14BF4N. The highest BCUT2D eigenvalue weighted by Crippen LogP contribution is 2.49. The molecule has 1 heterocycles. The van der Waals surface area contributed by atoms with Crippen molar-refractivity contribution in [3.05, 3.63) is 48.5 Å². The van der Waals surface area contributed by atoms with Gasteiger partial charge in [-0.1, -0.05) is 24.3 Å². The van der Waals surface area contributed by atoms with Crippen LogP contribution < -0.4 is 4.48 Å². The monoisotopic (exact) mass is 283 g/mol. The Balaban J connectivity index is 0.000000257. The second-order valence-electron chi connectivity index (χ2n) is 4.98. The number of hydrogen-bond acceptors (Lipinski definition) is 0. The Kier molecular flexibility index (Phi) is 3.60. The molecule has 0 saturated carbocycles. The summed E-state index contributed by atoms with van der Waals surface area (Å²) in [4.78, 5) is 0. The van der Waals surface area contributed by atoms with Gasteiger partial charge in [-0.25, -0.2) is 0 Å². The van der Waals surface area contributed by atoms with Crippen molar-refractivity contribution in [2.24, 2.45) is 0 Å². The van der Waals surface area contributed by atoms with Gasteiger partial charge < -0.3 is 17.3 Å². The van der Waals surface area contributed by atoms with E-state index >= 15 is 0 Å². The molecule has 0 amide bonds. The van der Waals surface area contributed by atoms with E-state index in [0.29, 0.717) is 0 Å². The molecule has 0 unspecified atom stereocenters. The molecule has 0 aromatic heterocycles. The van der Waals surface area contributed by atoms with Crippen LogP contribution in [0.5, 0.6) is 0 Å². The van der Waals surface area contributed by atoms with Crippen molar-refractivity contribution in [2.75, 3.05) is 14.1 Å². The van der Waals surface area contributed by atoms with Crippen LogP contribution >= 0.6 is 0 Å². The van der Waals surface area contributed by atoms with Crippen molar-refractivity contribution in [2.45, 2.75) is 0 Å². The third-order valence-electron chi connectivity index (χ3n) is 3.30. The first-order valence-electron chi connectivity index (χ1n) is 6.12. The number of hydrogen-bond donors (Lipinski definition) is 0. The number of benzene rings is 2. The third kappa shape index (κ3) is 2.85. The number of rotatable bonds is 0. The minimum Gasteiger partial charge on any atom is -0.418 e. The fourth-order valence-corrected chi connectivity index (χ4v) is 2.51. The van der Waals surface area contributed by atoms with E-state index in [1.165, 1.54) is 22.5 Å². The molecule has 0 aliphatic carbocycles. The second kappa shape index (κ2) is 4.94. The molecule has 2 aromatic rings. The maximum atomic E-state index is 9.75. The Labute approximate surface area is 115 Å². The lowest BCUT2D eigenvalue weighted by molar-refractivity contribution is 0.368. The van der Waals surface area contributed by atoms with Gasteiger partial charge in [-0.2, -0.15) is 0 Å². The number of nitrogens with zero attached hydrogens (tertiary/aromatic N) is 1. The first kappa shape index (κ1) is 14.6. The van der Waals surface area contributed by atoms with Crippen molar-refractivity contribution in [1.29, 1.82) is 0 Å². The third-order valence-corrected chi connectivity index (χ3v) is 3.30. The van der Waals surface area contributed by atoms with E-state index in [9.17, 15) is 17.3 Å². The van der Waals surface area contributed by atoms with Crippen molar-refractivity contribution in [1.82, 2.24) is 4.48 Å². The van der Waals surface area contributed by atoms with Gasteiger partial charge in [0.15, 0.2) is 0 Å². The summed E-state index contributed by atoms with van der Waals surface area (Å²) in [6, 6.07) is 17.3. The van der Waals surface area contributed by atoms with Gasteiger partial charge in [0.1, 0.15) is 11.4 Å². The Morgan fingerprint density at radius 3 is 1.35 bits per heavy atom. The zero-order valence-corrected chi connectivity index (χ0v) is 11.2. The highest BCUT2D eigenvalue weighted by Gasteiger charge is 2.35. The van der Waals surface area contributed by atoms with Crippen LogP contribution in [0.25, 0.3) is 11.1 Å². The molecule has 6 heteroatoms. The number of para-hydroxylation sites is 2. The quantitative estimate of drug-likeness (QED) is 0.368. The van der Waals surface area contributed by atoms with E-state index in [-0.39, 0.29) is 0 Å². The summed E-state index contributed by atoms with van der Waals surface area (Å²) in [6.45, 7) is 0. The highest BCUT2D eigenvalue weighted by atomic mass is 19.5. The smallest absolute Gasteiger partial charge is 0.418 e. The lowest BCUT2D eigenvalue weighted by Crippen LogP contribution is -2.31. The molecule has 2 aromatic carbocycles. The van der Waals surface area contributed by atoms with Gasteiger partial charge in [0.25, 0.3) is 0 Å². The summed E-state index contributed by atoms with van der Waals surface area (Å²) < 4.78 is 39.9. The molecule has 0 radical (unpaired) electrons. The van der Waals surface area contributed by atoms with Gasteiger partial charge in [0.05, 0.1) is 14.1 Å². The molecule has 0 fully saturated rings. The van der Waals surface area contributed by atoms with Crippen LogP contribution in [0.1, 0.15) is 0 Å². The predicted octanol–water partition coefficient (Wildman–Crippen LogP) is 4.87. The Bertz CT molecular complexity index is 569. The topological polar surface area (TPSA) is 0 Å². The minimum absolute atomic E-state index is 0.854. The van der Waals surface area contributed by atoms with E-state index in [2.05, 4.69) is 62.6 Å². The normalized spacial score (nSPS) is 14.9. The SMILES string of the molecule is C[N+]1(C)c2ccccc2-c2ccccc21.F[B-](F)(F)F. The molecule has 0 spiro atoms. The maximum absolute atomic E-state index is 9.75. The van der Waals surface area contributed by atoms with Crippen LogP contribution in [0.2, 0.25) is 0 Å². The summed E-state index contributed by atoms with van der Waals surface area (Å²) in [5, 5.41) is 0. The van der Waals surface area contributed by atoms with Crippen LogP contribution in [0.15, 0.2) is 48.5 Å². The van der Waals surface area contributed by atoms with E-state index in [1.807, 2.05) is 0 Å². The summed E-state index contributed by atoms with van der Waals surface area (Å²) >= 11 is 0. The van der Waals surface area contributed by atoms with Crippen LogP contribution in [-0.2, 0) is 0 Å². The van der Waals surface area contributed by atoms with Gasteiger partial charge in [-0.3, -0.25) is 4.48 Å². The maximum Gasteiger partial charge on any atom is 0.673 e. The van der Waals surface area contributed by atoms with E-state index < -0.39 is 7.25 Å². The standard InChI is InChI=1S/C14H14N.BF4/c1-15(2)13-9-5-3-7-11(13)12-8-4-6-10-14(12)15;2-1(3,4)5/h3-10H,1-2H3;/q+1;-1. The molecule has 20 heavy (non-hydrogen) atoms. The fourth-order valence-electron chi connectivity index (χ4n) is 2.51. The van der Waals surface area contributed by atoms with Crippen LogP contribution in [-0.4, -0.2) is 21.3 Å². The molecule has 1 aliphatic rings. The Morgan fingerprint density at radius 2 is 1.00 bits per heavy atom. The fraction of sp³-hybridized carbons (Fsp3) is 0.143. The lowest BCUT2D eigenvalue weighted by atomic mass is 10.1. The first-order chi connectivity index (χ1) is 9.21. The van der Waals surface area contributed by atoms with Gasteiger partial charge >= 0.3 is 7.25 Å². The zero-order chi connectivity index (χ0) is 15.0. The summed E-state index contributed by atoms with van der Waals surface area (Å²) in [5.41, 5.74) is 5.52. The van der Waals surface area contributed by atoms with Crippen molar-refractivity contribution in [3.8, 4) is 11.1 Å². The summed E-state index contributed by atoms with van der Waals surface area (Å²) in [5.74, 6) is 0. The van der Waals surface area contributed by atoms with Gasteiger partial charge in [0.2, 0.25) is 0 Å². The van der Waals surface area contributed by atoms with Crippen LogP contribution in [0.3, 0.4) is 0 Å². The van der Waals surface area contributed by atoms with Gasteiger partial charge in [-0.05, 0) is 12.1 Å². The lowest BCUT2D eigenvalue weighted by Gasteiger charge is -2.24. The first-order valence-corrected chi connectivity index (χ1v) is 6.12. The molecule has 1 nitrogen and oxygen atoms in total. The molecular weight excluding hydrogens is 269 g/mol. The molecule has 0 atom stereocenters. The predicted molar refractivity (Wildman–Crippen MR) is 75.4 cm³/mol. The van der Waals surface area contributed by atoms with Crippen LogP contribution in [0.4, 0.5) is 28.6 Å².